The van der Waals surface area contributed by atoms with Gasteiger partial charge >= 0.3 is 6.09 Å². The number of nitrogens with zero attached hydrogens (tertiary/aromatic N) is 2. The quantitative estimate of drug-likeness (QED) is 0.617. The molecule has 2 aromatic rings. The standard InChI is InChI=1S/C26H32N4O5/c1-26(2,3)35-25(32)30-11-10-19(16-30)29-21-8-6-17(14-27)12-20(21)24(31)28-15-18-7-9-22(33-4)23(13-18)34-5/h6-9,12-13,19,29H,10-11,15-16H2,1-5H3,(H,28,31)/t19-/m1/s1. The molecule has 2 N–H and O–H groups in total. The third kappa shape index (κ3) is 6.79. The van der Waals surface area contributed by atoms with E-state index in [0.717, 1.165) is 5.56 Å². The van der Waals surface area contributed by atoms with Crippen LogP contribution in [-0.2, 0) is 11.3 Å². The molecule has 9 nitrogen and oxygen atoms in total. The van der Waals surface area contributed by atoms with Crippen molar-refractivity contribution in [2.45, 2.75) is 45.4 Å². The zero-order valence-corrected chi connectivity index (χ0v) is 20.8. The number of amides is 2. The second-order valence-corrected chi connectivity index (χ2v) is 9.30. The van der Waals surface area contributed by atoms with Crippen molar-refractivity contribution in [2.75, 3.05) is 32.6 Å². The van der Waals surface area contributed by atoms with E-state index in [1.54, 1.807) is 49.5 Å². The minimum absolute atomic E-state index is 0.0483. The lowest BCUT2D eigenvalue weighted by Gasteiger charge is -2.24. The van der Waals surface area contributed by atoms with Gasteiger partial charge in [0.15, 0.2) is 11.5 Å². The number of anilines is 1. The minimum atomic E-state index is -0.561. The Bertz CT molecular complexity index is 1120. The van der Waals surface area contributed by atoms with Gasteiger partial charge in [-0.15, -0.1) is 0 Å². The summed E-state index contributed by atoms with van der Waals surface area (Å²) in [6.07, 6.45) is 0.362. The van der Waals surface area contributed by atoms with Crippen LogP contribution in [0.15, 0.2) is 36.4 Å². The average Bonchev–Trinajstić information content (AvgIpc) is 3.30. The first-order valence-electron chi connectivity index (χ1n) is 11.4. The molecule has 2 amide bonds. The Kier molecular flexibility index (Phi) is 8.07. The van der Waals surface area contributed by atoms with Crippen molar-refractivity contribution in [1.82, 2.24) is 10.2 Å². The van der Waals surface area contributed by atoms with Crippen molar-refractivity contribution >= 4 is 17.7 Å². The summed E-state index contributed by atoms with van der Waals surface area (Å²) >= 11 is 0. The van der Waals surface area contributed by atoms with Gasteiger partial charge in [-0.25, -0.2) is 4.79 Å². The molecule has 9 heteroatoms. The molecule has 1 fully saturated rings. The van der Waals surface area contributed by atoms with E-state index in [2.05, 4.69) is 16.7 Å². The molecule has 1 aliphatic heterocycles. The van der Waals surface area contributed by atoms with E-state index in [0.29, 0.717) is 47.8 Å². The second kappa shape index (κ2) is 11.0. The highest BCUT2D eigenvalue weighted by molar-refractivity contribution is 6.00. The van der Waals surface area contributed by atoms with Gasteiger partial charge in [-0.1, -0.05) is 6.07 Å². The lowest BCUT2D eigenvalue weighted by molar-refractivity contribution is 0.0293. The molecular weight excluding hydrogens is 448 g/mol. The van der Waals surface area contributed by atoms with Gasteiger partial charge < -0.3 is 29.7 Å². The van der Waals surface area contributed by atoms with Crippen LogP contribution in [0.3, 0.4) is 0 Å². The van der Waals surface area contributed by atoms with Crippen molar-refractivity contribution in [2.24, 2.45) is 0 Å². The maximum atomic E-state index is 13.1. The van der Waals surface area contributed by atoms with E-state index >= 15 is 0 Å². The smallest absolute Gasteiger partial charge is 0.410 e. The third-order valence-corrected chi connectivity index (χ3v) is 5.49. The molecule has 0 aliphatic carbocycles. The summed E-state index contributed by atoms with van der Waals surface area (Å²) in [4.78, 5) is 27.1. The summed E-state index contributed by atoms with van der Waals surface area (Å²) in [5.74, 6) is 0.859. The molecule has 1 saturated heterocycles. The van der Waals surface area contributed by atoms with Crippen molar-refractivity contribution in [3.8, 4) is 17.6 Å². The molecule has 1 atom stereocenters. The van der Waals surface area contributed by atoms with Crippen LogP contribution in [-0.4, -0.2) is 55.9 Å². The van der Waals surface area contributed by atoms with Crippen molar-refractivity contribution in [1.29, 1.82) is 5.26 Å². The molecule has 0 bridgehead atoms. The maximum Gasteiger partial charge on any atom is 0.410 e. The van der Waals surface area contributed by atoms with Gasteiger partial charge in [0.1, 0.15) is 5.60 Å². The molecule has 0 aromatic heterocycles. The summed E-state index contributed by atoms with van der Waals surface area (Å²) in [5.41, 5.74) is 1.62. The topological polar surface area (TPSA) is 113 Å². The van der Waals surface area contributed by atoms with Gasteiger partial charge in [0.05, 0.1) is 31.4 Å². The second-order valence-electron chi connectivity index (χ2n) is 9.30. The molecule has 0 saturated carbocycles. The number of rotatable bonds is 7. The summed E-state index contributed by atoms with van der Waals surface area (Å²) in [6, 6.07) is 12.4. The fourth-order valence-corrected chi connectivity index (χ4v) is 3.79. The van der Waals surface area contributed by atoms with E-state index in [1.165, 1.54) is 0 Å². The number of methoxy groups -OCH3 is 2. The fraction of sp³-hybridized carbons (Fsp3) is 0.423. The van der Waals surface area contributed by atoms with Crippen LogP contribution in [0.4, 0.5) is 10.5 Å². The number of hydrogen-bond acceptors (Lipinski definition) is 7. The highest BCUT2D eigenvalue weighted by Gasteiger charge is 2.30. The van der Waals surface area contributed by atoms with Gasteiger partial charge in [0.2, 0.25) is 0 Å². The Hall–Kier alpha value is -3.93. The Labute approximate surface area is 206 Å². The number of likely N-dealkylation sites (tertiary alicyclic amines) is 1. The summed E-state index contributed by atoms with van der Waals surface area (Å²) in [7, 11) is 3.12. The highest BCUT2D eigenvalue weighted by atomic mass is 16.6. The monoisotopic (exact) mass is 480 g/mol. The number of carbonyl (C=O) groups excluding carboxylic acids is 2. The minimum Gasteiger partial charge on any atom is -0.493 e. The van der Waals surface area contributed by atoms with Gasteiger partial charge in [0.25, 0.3) is 5.91 Å². The number of carbonyl (C=O) groups is 2. The molecule has 1 heterocycles. The fourth-order valence-electron chi connectivity index (χ4n) is 3.79. The number of nitriles is 1. The average molecular weight is 481 g/mol. The van der Waals surface area contributed by atoms with E-state index in [4.69, 9.17) is 14.2 Å². The molecule has 0 spiro atoms. The Morgan fingerprint density at radius 2 is 1.86 bits per heavy atom. The lowest BCUT2D eigenvalue weighted by atomic mass is 10.1. The van der Waals surface area contributed by atoms with Crippen LogP contribution >= 0.6 is 0 Å². The third-order valence-electron chi connectivity index (χ3n) is 5.49. The number of nitrogens with one attached hydrogen (secondary N) is 2. The van der Waals surface area contributed by atoms with E-state index < -0.39 is 5.60 Å². The number of benzene rings is 2. The molecule has 3 rings (SSSR count). The number of ether oxygens (including phenoxy) is 3. The van der Waals surface area contributed by atoms with Gasteiger partial charge in [0, 0.05) is 31.4 Å². The molecule has 35 heavy (non-hydrogen) atoms. The first-order valence-corrected chi connectivity index (χ1v) is 11.4. The first-order chi connectivity index (χ1) is 16.6. The SMILES string of the molecule is COc1ccc(CNC(=O)c2cc(C#N)ccc2N[C@@H]2CCN(C(=O)OC(C)(C)C)C2)cc1OC. The Balaban J connectivity index is 1.70. The molecule has 1 aliphatic rings. The predicted octanol–water partition coefficient (Wildman–Crippen LogP) is 3.93. The largest absolute Gasteiger partial charge is 0.493 e. The van der Waals surface area contributed by atoms with Gasteiger partial charge in [-0.05, 0) is 63.1 Å². The van der Waals surface area contributed by atoms with Crippen LogP contribution in [0.25, 0.3) is 0 Å². The van der Waals surface area contributed by atoms with Crippen LogP contribution < -0.4 is 20.1 Å². The Morgan fingerprint density at radius 3 is 2.51 bits per heavy atom. The first kappa shape index (κ1) is 25.7. The van der Waals surface area contributed by atoms with E-state index in [9.17, 15) is 14.9 Å². The van der Waals surface area contributed by atoms with Crippen LogP contribution in [0.5, 0.6) is 11.5 Å². The zero-order chi connectivity index (χ0) is 25.6. The molecule has 0 unspecified atom stereocenters. The van der Waals surface area contributed by atoms with E-state index in [-0.39, 0.29) is 24.6 Å². The van der Waals surface area contributed by atoms with Crippen molar-refractivity contribution in [3.05, 3.63) is 53.1 Å². The molecule has 186 valence electrons. The Morgan fingerprint density at radius 1 is 1.11 bits per heavy atom. The van der Waals surface area contributed by atoms with Gasteiger partial charge in [-0.2, -0.15) is 5.26 Å². The van der Waals surface area contributed by atoms with Crippen LogP contribution in [0.1, 0.15) is 48.7 Å². The molecule has 0 radical (unpaired) electrons. The highest BCUT2D eigenvalue weighted by Crippen LogP contribution is 2.28. The van der Waals surface area contributed by atoms with Crippen LogP contribution in [0.2, 0.25) is 0 Å². The maximum absolute atomic E-state index is 13.1. The lowest BCUT2D eigenvalue weighted by Crippen LogP contribution is -2.36. The summed E-state index contributed by atoms with van der Waals surface area (Å²) < 4.78 is 16.0. The molecular formula is C26H32N4O5. The summed E-state index contributed by atoms with van der Waals surface area (Å²) in [6.45, 7) is 6.79. The summed E-state index contributed by atoms with van der Waals surface area (Å²) in [5, 5.41) is 15.6. The zero-order valence-electron chi connectivity index (χ0n) is 20.8. The molecule has 2 aromatic carbocycles. The van der Waals surface area contributed by atoms with Crippen molar-refractivity contribution in [3.63, 3.8) is 0 Å². The van der Waals surface area contributed by atoms with Crippen LogP contribution in [0, 0.1) is 11.3 Å². The predicted molar refractivity (Wildman–Crippen MR) is 132 cm³/mol. The van der Waals surface area contributed by atoms with E-state index in [1.807, 2.05) is 26.8 Å². The normalized spacial score (nSPS) is 15.2. The van der Waals surface area contributed by atoms with Gasteiger partial charge in [-0.3, -0.25) is 4.79 Å². The number of hydrogen-bond donors (Lipinski definition) is 2. The van der Waals surface area contributed by atoms with Crippen molar-refractivity contribution < 1.29 is 23.8 Å².